The first-order chi connectivity index (χ1) is 20.0. The van der Waals surface area contributed by atoms with Crippen molar-refractivity contribution in [3.8, 4) is 0 Å². The molecule has 0 heterocycles. The van der Waals surface area contributed by atoms with Crippen LogP contribution in [0.15, 0.2) is 46.2 Å². The summed E-state index contributed by atoms with van der Waals surface area (Å²) in [6.45, 7) is 12.8. The van der Waals surface area contributed by atoms with Crippen molar-refractivity contribution in [2.24, 2.45) is 0 Å². The minimum absolute atomic E-state index is 0. The van der Waals surface area contributed by atoms with Gasteiger partial charge in [-0.1, -0.05) is 0 Å². The Labute approximate surface area is 292 Å². The SMILES string of the molecule is CC(C)OC(=O)c1ccc(C(=O)OC(C)C)c(S(=O)(=O)[O-])c1.CC(C)OC(=O)c1ccc(C(=O)OC(C)C)c(S(=O)(=O)[O-])c1.[Ca+2]. The summed E-state index contributed by atoms with van der Waals surface area (Å²) in [6, 6.07) is 6.18. The maximum absolute atomic E-state index is 11.8. The van der Waals surface area contributed by atoms with Gasteiger partial charge in [0, 0.05) is 0 Å². The second-order valence-corrected chi connectivity index (χ2v) is 12.8. The van der Waals surface area contributed by atoms with Crippen LogP contribution in [0.25, 0.3) is 0 Å². The molecule has 0 saturated carbocycles. The van der Waals surface area contributed by atoms with Crippen LogP contribution in [0.2, 0.25) is 0 Å². The number of ether oxygens (including phenoxy) is 4. The van der Waals surface area contributed by atoms with Crippen LogP contribution in [0.4, 0.5) is 0 Å². The number of hydrogen-bond acceptors (Lipinski definition) is 14. The average Bonchev–Trinajstić information content (AvgIpc) is 2.85. The van der Waals surface area contributed by atoms with Gasteiger partial charge in [0.15, 0.2) is 0 Å². The van der Waals surface area contributed by atoms with Gasteiger partial charge in [0.2, 0.25) is 0 Å². The van der Waals surface area contributed by atoms with Crippen molar-refractivity contribution in [2.45, 2.75) is 89.6 Å². The summed E-state index contributed by atoms with van der Waals surface area (Å²) in [5.41, 5.74) is -1.09. The van der Waals surface area contributed by atoms with Gasteiger partial charge in [-0.05, 0) is 91.8 Å². The Morgan fingerprint density at radius 1 is 0.511 bits per heavy atom. The molecule has 0 amide bonds. The van der Waals surface area contributed by atoms with Crippen LogP contribution in [0, 0.1) is 0 Å². The molecule has 0 spiro atoms. The van der Waals surface area contributed by atoms with Crippen molar-refractivity contribution < 1.29 is 64.1 Å². The third-order valence-electron chi connectivity index (χ3n) is 4.78. The largest absolute Gasteiger partial charge is 2.00 e. The van der Waals surface area contributed by atoms with Crippen molar-refractivity contribution >= 4 is 81.9 Å². The summed E-state index contributed by atoms with van der Waals surface area (Å²) in [5.74, 6) is -3.48. The standard InChI is InChI=1S/2C14H18O7S.Ca/c2*1-8(2)20-13(15)10-5-6-11(14(16)21-9(3)4)12(7-10)22(17,18)19;/h2*5-9H,1-4H3,(H,17,18,19);/q;;+2/p-2. The predicted octanol–water partition coefficient (Wildman–Crippen LogP) is 3.06. The first-order valence-corrected chi connectivity index (χ1v) is 15.9. The third kappa shape index (κ3) is 14.1. The molecule has 2 aromatic rings. The number of carbonyl (C=O) groups excluding carboxylic acids is 4. The molecule has 0 N–H and O–H groups in total. The van der Waals surface area contributed by atoms with E-state index in [1.54, 1.807) is 55.4 Å². The number of hydrogen-bond donors (Lipinski definition) is 0. The number of rotatable bonds is 10. The Balaban J connectivity index is 0.000000842. The fraction of sp³-hybridized carbons (Fsp3) is 0.429. The Kier molecular flexibility index (Phi) is 16.9. The van der Waals surface area contributed by atoms with Crippen LogP contribution in [-0.4, -0.2) is 112 Å². The molecule has 14 nitrogen and oxygen atoms in total. The minimum atomic E-state index is -4.96. The van der Waals surface area contributed by atoms with Gasteiger partial charge in [0.05, 0.1) is 56.5 Å². The third-order valence-corrected chi connectivity index (χ3v) is 6.54. The Bertz CT molecular complexity index is 1480. The van der Waals surface area contributed by atoms with Gasteiger partial charge in [-0.2, -0.15) is 0 Å². The summed E-state index contributed by atoms with van der Waals surface area (Å²) in [4.78, 5) is 45.6. The van der Waals surface area contributed by atoms with Crippen molar-refractivity contribution in [3.05, 3.63) is 58.7 Å². The Morgan fingerprint density at radius 2 is 0.756 bits per heavy atom. The van der Waals surface area contributed by atoms with Crippen LogP contribution in [0.1, 0.15) is 96.8 Å². The molecular weight excluding hydrogens is 665 g/mol. The molecule has 2 rings (SSSR count). The van der Waals surface area contributed by atoms with E-state index in [-0.39, 0.29) is 48.9 Å². The van der Waals surface area contributed by atoms with Gasteiger partial charge in [0.25, 0.3) is 0 Å². The zero-order chi connectivity index (χ0) is 34.2. The van der Waals surface area contributed by atoms with E-state index in [1.807, 2.05) is 0 Å². The van der Waals surface area contributed by atoms with Gasteiger partial charge in [-0.25, -0.2) is 36.0 Å². The molecule has 0 saturated heterocycles. The van der Waals surface area contributed by atoms with E-state index >= 15 is 0 Å². The van der Waals surface area contributed by atoms with Gasteiger partial charge >= 0.3 is 61.6 Å². The van der Waals surface area contributed by atoms with Crippen molar-refractivity contribution in [2.75, 3.05) is 0 Å². The van der Waals surface area contributed by atoms with Crippen molar-refractivity contribution in [1.29, 1.82) is 0 Å². The molecule has 45 heavy (non-hydrogen) atoms. The molecule has 0 atom stereocenters. The predicted molar refractivity (Wildman–Crippen MR) is 157 cm³/mol. The van der Waals surface area contributed by atoms with Crippen LogP contribution < -0.4 is 0 Å². The summed E-state index contributed by atoms with van der Waals surface area (Å²) in [6.07, 6.45) is -1.80. The van der Waals surface area contributed by atoms with Crippen LogP contribution in [0.5, 0.6) is 0 Å². The van der Waals surface area contributed by atoms with E-state index in [2.05, 4.69) is 0 Å². The molecule has 0 fully saturated rings. The molecule has 0 radical (unpaired) electrons. The van der Waals surface area contributed by atoms with Crippen LogP contribution in [-0.2, 0) is 39.2 Å². The second kappa shape index (κ2) is 17.9. The van der Waals surface area contributed by atoms with E-state index in [4.69, 9.17) is 18.9 Å². The first kappa shape index (κ1) is 42.4. The molecular formula is C28H34CaO14S2. The normalized spacial score (nSPS) is 11.3. The summed E-state index contributed by atoms with van der Waals surface area (Å²) in [5, 5.41) is 0. The molecule has 0 bridgehead atoms. The summed E-state index contributed by atoms with van der Waals surface area (Å²) >= 11 is 0. The quantitative estimate of drug-likeness (QED) is 0.151. The fourth-order valence-corrected chi connectivity index (χ4v) is 4.55. The molecule has 17 heteroatoms. The zero-order valence-corrected chi connectivity index (χ0v) is 29.9. The van der Waals surface area contributed by atoms with E-state index < -0.39 is 89.4 Å². The van der Waals surface area contributed by atoms with E-state index in [9.17, 15) is 45.1 Å². The Hall–Kier alpha value is -2.60. The van der Waals surface area contributed by atoms with E-state index in [1.165, 1.54) is 12.1 Å². The number of carbonyl (C=O) groups is 4. The molecule has 0 aliphatic carbocycles. The second-order valence-electron chi connectivity index (χ2n) is 10.1. The maximum Gasteiger partial charge on any atom is 2.00 e. The summed E-state index contributed by atoms with van der Waals surface area (Å²) in [7, 11) is -9.91. The maximum atomic E-state index is 11.8. The number of esters is 4. The first-order valence-electron chi connectivity index (χ1n) is 13.1. The zero-order valence-electron chi connectivity index (χ0n) is 26.0. The molecule has 2 aromatic carbocycles. The smallest absolute Gasteiger partial charge is 0.744 e. The summed E-state index contributed by atoms with van der Waals surface area (Å²) < 4.78 is 87.5. The van der Waals surface area contributed by atoms with E-state index in [0.29, 0.717) is 0 Å². The number of benzene rings is 2. The Morgan fingerprint density at radius 3 is 0.978 bits per heavy atom. The van der Waals surface area contributed by atoms with Gasteiger partial charge in [0.1, 0.15) is 20.2 Å². The topological polar surface area (TPSA) is 220 Å². The fourth-order valence-electron chi connectivity index (χ4n) is 3.17. The molecule has 244 valence electrons. The molecule has 0 unspecified atom stereocenters. The van der Waals surface area contributed by atoms with Gasteiger partial charge < -0.3 is 28.1 Å². The van der Waals surface area contributed by atoms with Crippen molar-refractivity contribution in [1.82, 2.24) is 0 Å². The molecule has 0 aliphatic rings. The van der Waals surface area contributed by atoms with Gasteiger partial charge in [-0.15, -0.1) is 0 Å². The van der Waals surface area contributed by atoms with Gasteiger partial charge in [-0.3, -0.25) is 0 Å². The van der Waals surface area contributed by atoms with Crippen LogP contribution in [0.3, 0.4) is 0 Å². The molecule has 0 aromatic heterocycles. The average molecular weight is 699 g/mol. The monoisotopic (exact) mass is 698 g/mol. The van der Waals surface area contributed by atoms with E-state index in [0.717, 1.165) is 24.3 Å². The van der Waals surface area contributed by atoms with Crippen LogP contribution >= 0.6 is 0 Å². The minimum Gasteiger partial charge on any atom is -0.744 e. The molecule has 0 aliphatic heterocycles. The van der Waals surface area contributed by atoms with Crippen molar-refractivity contribution in [3.63, 3.8) is 0 Å².